The van der Waals surface area contributed by atoms with Gasteiger partial charge in [-0.1, -0.05) is 12.2 Å². The first-order valence-corrected chi connectivity index (χ1v) is 3.71. The monoisotopic (exact) mass is 148 g/mol. The third kappa shape index (κ3) is 5.90. The smallest absolute Gasteiger partial charge is 0.0168 e. The molecule has 0 rings (SSSR count). The summed E-state index contributed by atoms with van der Waals surface area (Å²) in [5, 5.41) is 0. The van der Waals surface area contributed by atoms with E-state index in [2.05, 4.69) is 27.0 Å². The van der Waals surface area contributed by atoms with Crippen LogP contribution in [0.3, 0.4) is 0 Å². The van der Waals surface area contributed by atoms with Gasteiger partial charge in [0.05, 0.1) is 0 Å². The fourth-order valence-corrected chi connectivity index (χ4v) is 0.750. The molecular weight excluding hydrogens is 132 g/mol. The molecule has 0 aliphatic heterocycles. The molecule has 0 unspecified atom stereocenters. The Labute approximate surface area is 71.0 Å². The van der Waals surface area contributed by atoms with Gasteiger partial charge in [0.1, 0.15) is 0 Å². The maximum atomic E-state index is 3.98. The summed E-state index contributed by atoms with van der Waals surface area (Å²) in [4.78, 5) is 0. The van der Waals surface area contributed by atoms with Crippen LogP contribution < -0.4 is 0 Å². The SMILES string of the molecule is [CH2]C([CH2])(C[CH]C=C)C[CH]C=C. The number of hydrogen-bond donors (Lipinski definition) is 0. The van der Waals surface area contributed by atoms with Crippen molar-refractivity contribution in [3.63, 3.8) is 0 Å². The van der Waals surface area contributed by atoms with E-state index in [1.54, 1.807) is 12.2 Å². The third-order valence-electron chi connectivity index (χ3n) is 1.44. The van der Waals surface area contributed by atoms with E-state index in [1.807, 2.05) is 12.8 Å². The van der Waals surface area contributed by atoms with Gasteiger partial charge in [-0.3, -0.25) is 0 Å². The largest absolute Gasteiger partial charge is 0.103 e. The topological polar surface area (TPSA) is 0 Å². The van der Waals surface area contributed by atoms with Crippen LogP contribution in [0.4, 0.5) is 0 Å². The van der Waals surface area contributed by atoms with Gasteiger partial charge in [0, 0.05) is 0 Å². The lowest BCUT2D eigenvalue weighted by molar-refractivity contribution is 0.475. The van der Waals surface area contributed by atoms with E-state index in [9.17, 15) is 0 Å². The Bertz CT molecular complexity index is 106. The Morgan fingerprint density at radius 3 is 1.55 bits per heavy atom. The molecule has 0 aliphatic carbocycles. The number of rotatable bonds is 6. The van der Waals surface area contributed by atoms with Crippen LogP contribution in [0.2, 0.25) is 0 Å². The highest BCUT2D eigenvalue weighted by atomic mass is 14.2. The Morgan fingerprint density at radius 1 is 0.909 bits per heavy atom. The van der Waals surface area contributed by atoms with Gasteiger partial charge < -0.3 is 0 Å². The van der Waals surface area contributed by atoms with Gasteiger partial charge in [-0.05, 0) is 44.9 Å². The molecule has 0 heterocycles. The zero-order chi connectivity index (χ0) is 8.74. The third-order valence-corrected chi connectivity index (χ3v) is 1.44. The summed E-state index contributed by atoms with van der Waals surface area (Å²) >= 11 is 0. The second kappa shape index (κ2) is 5.17. The molecule has 0 aliphatic rings. The number of hydrogen-bond acceptors (Lipinski definition) is 0. The van der Waals surface area contributed by atoms with E-state index < -0.39 is 0 Å². The molecule has 0 aromatic carbocycles. The van der Waals surface area contributed by atoms with Crippen molar-refractivity contribution >= 4 is 0 Å². The van der Waals surface area contributed by atoms with Crippen LogP contribution >= 0.6 is 0 Å². The van der Waals surface area contributed by atoms with Gasteiger partial charge >= 0.3 is 0 Å². The van der Waals surface area contributed by atoms with Gasteiger partial charge in [-0.2, -0.15) is 0 Å². The Balaban J connectivity index is 3.59. The minimum atomic E-state index is -0.150. The van der Waals surface area contributed by atoms with Crippen molar-refractivity contribution in [3.8, 4) is 0 Å². The van der Waals surface area contributed by atoms with Crippen LogP contribution in [0.5, 0.6) is 0 Å². The van der Waals surface area contributed by atoms with Gasteiger partial charge in [0.2, 0.25) is 0 Å². The maximum Gasteiger partial charge on any atom is -0.0168 e. The molecule has 0 fully saturated rings. The molecule has 0 bridgehead atoms. The second-order valence-corrected chi connectivity index (χ2v) is 2.85. The average Bonchev–Trinajstić information content (AvgIpc) is 1.97. The molecule has 0 spiro atoms. The van der Waals surface area contributed by atoms with Crippen LogP contribution in [0.1, 0.15) is 12.8 Å². The summed E-state index contributed by atoms with van der Waals surface area (Å²) in [7, 11) is 0. The predicted molar refractivity (Wildman–Crippen MR) is 51.4 cm³/mol. The second-order valence-electron chi connectivity index (χ2n) is 2.85. The standard InChI is InChI=1S/C11H16/c1-5-7-9-11(3,4)10-8-6-2/h5-8H,1-4,9-10H2. The molecular formula is C11H16. The van der Waals surface area contributed by atoms with Crippen molar-refractivity contribution in [3.05, 3.63) is 52.0 Å². The lowest BCUT2D eigenvalue weighted by Crippen LogP contribution is -2.11. The molecule has 0 aromatic rings. The van der Waals surface area contributed by atoms with Crippen molar-refractivity contribution in [1.82, 2.24) is 0 Å². The average molecular weight is 148 g/mol. The van der Waals surface area contributed by atoms with Crippen molar-refractivity contribution < 1.29 is 0 Å². The Kier molecular flexibility index (Phi) is 4.93. The van der Waals surface area contributed by atoms with E-state index in [4.69, 9.17) is 0 Å². The molecule has 0 saturated carbocycles. The van der Waals surface area contributed by atoms with Crippen LogP contribution in [0.15, 0.2) is 25.3 Å². The van der Waals surface area contributed by atoms with Crippen molar-refractivity contribution in [2.24, 2.45) is 5.41 Å². The zero-order valence-corrected chi connectivity index (χ0v) is 7.05. The molecule has 0 aromatic heterocycles. The highest BCUT2D eigenvalue weighted by Gasteiger charge is 2.15. The highest BCUT2D eigenvalue weighted by molar-refractivity contribution is 5.01. The van der Waals surface area contributed by atoms with Gasteiger partial charge in [0.25, 0.3) is 0 Å². The predicted octanol–water partition coefficient (Wildman–Crippen LogP) is 3.20. The summed E-state index contributed by atoms with van der Waals surface area (Å²) in [5.41, 5.74) is -0.150. The lowest BCUT2D eigenvalue weighted by Gasteiger charge is -2.22. The van der Waals surface area contributed by atoms with E-state index in [1.165, 1.54) is 0 Å². The molecule has 11 heavy (non-hydrogen) atoms. The summed E-state index contributed by atoms with van der Waals surface area (Å²) in [5.74, 6) is 0. The summed E-state index contributed by atoms with van der Waals surface area (Å²) in [6, 6.07) is 0. The molecule has 0 amide bonds. The van der Waals surface area contributed by atoms with E-state index in [0.717, 1.165) is 12.8 Å². The first kappa shape index (κ1) is 10.5. The highest BCUT2D eigenvalue weighted by Crippen LogP contribution is 2.26. The first-order chi connectivity index (χ1) is 5.12. The van der Waals surface area contributed by atoms with Gasteiger partial charge in [0.15, 0.2) is 0 Å². The van der Waals surface area contributed by atoms with Crippen molar-refractivity contribution in [2.75, 3.05) is 0 Å². The molecule has 0 N–H and O–H groups in total. The Hall–Kier alpha value is -0.520. The number of allylic oxidation sites excluding steroid dienone is 2. The lowest BCUT2D eigenvalue weighted by atomic mass is 9.83. The minimum absolute atomic E-state index is 0.150. The van der Waals surface area contributed by atoms with Gasteiger partial charge in [-0.15, -0.1) is 13.2 Å². The maximum absolute atomic E-state index is 3.98. The fraction of sp³-hybridized carbons (Fsp3) is 0.273. The van der Waals surface area contributed by atoms with E-state index in [0.29, 0.717) is 0 Å². The van der Waals surface area contributed by atoms with E-state index >= 15 is 0 Å². The summed E-state index contributed by atoms with van der Waals surface area (Å²) < 4.78 is 0. The molecule has 0 atom stereocenters. The van der Waals surface area contributed by atoms with Crippen LogP contribution in [-0.2, 0) is 0 Å². The first-order valence-electron chi connectivity index (χ1n) is 3.71. The molecule has 0 saturated heterocycles. The quantitative estimate of drug-likeness (QED) is 0.542. The fourth-order valence-electron chi connectivity index (χ4n) is 0.750. The van der Waals surface area contributed by atoms with Crippen LogP contribution in [0, 0.1) is 32.1 Å². The van der Waals surface area contributed by atoms with Crippen LogP contribution in [-0.4, -0.2) is 0 Å². The minimum Gasteiger partial charge on any atom is -0.103 e. The molecule has 0 nitrogen and oxygen atoms in total. The van der Waals surface area contributed by atoms with Gasteiger partial charge in [-0.25, -0.2) is 0 Å². The molecule has 60 valence electrons. The normalized spacial score (nSPS) is 11.1. The van der Waals surface area contributed by atoms with Crippen molar-refractivity contribution in [1.29, 1.82) is 0 Å². The molecule has 4 radical (unpaired) electrons. The van der Waals surface area contributed by atoms with E-state index in [-0.39, 0.29) is 5.41 Å². The summed E-state index contributed by atoms with van der Waals surface area (Å²) in [6.07, 6.45) is 9.24. The zero-order valence-electron chi connectivity index (χ0n) is 7.05. The molecule has 0 heteroatoms. The summed E-state index contributed by atoms with van der Waals surface area (Å²) in [6.45, 7) is 15.2. The van der Waals surface area contributed by atoms with Crippen LogP contribution in [0.25, 0.3) is 0 Å². The van der Waals surface area contributed by atoms with Crippen molar-refractivity contribution in [2.45, 2.75) is 12.8 Å². The Morgan fingerprint density at radius 2 is 1.27 bits per heavy atom.